The Hall–Kier alpha value is -2.71. The maximum atomic E-state index is 12.0. The molecule has 0 aliphatic carbocycles. The van der Waals surface area contributed by atoms with E-state index in [1.807, 2.05) is 5.38 Å². The largest absolute Gasteiger partial charge is 0.478 e. The number of benzene rings is 1. The molecule has 1 heterocycles. The van der Waals surface area contributed by atoms with E-state index in [2.05, 4.69) is 10.6 Å². The Morgan fingerprint density at radius 3 is 2.65 bits per heavy atom. The molecule has 0 unspecified atom stereocenters. The van der Waals surface area contributed by atoms with Gasteiger partial charge in [-0.25, -0.2) is 4.79 Å². The lowest BCUT2D eigenvalue weighted by Gasteiger charge is -2.09. The van der Waals surface area contributed by atoms with Gasteiger partial charge in [-0.3, -0.25) is 9.59 Å². The van der Waals surface area contributed by atoms with Crippen molar-refractivity contribution in [3.63, 3.8) is 0 Å². The molecule has 0 aliphatic heterocycles. The summed E-state index contributed by atoms with van der Waals surface area (Å²) in [6.45, 7) is 0.630. The van der Waals surface area contributed by atoms with Crippen molar-refractivity contribution in [2.24, 2.45) is 0 Å². The Morgan fingerprint density at radius 1 is 1.19 bits per heavy atom. The number of hydrogen-bond acceptors (Lipinski definition) is 5. The van der Waals surface area contributed by atoms with Crippen LogP contribution in [-0.4, -0.2) is 36.5 Å². The monoisotopic (exact) mass is 376 g/mol. The van der Waals surface area contributed by atoms with Crippen molar-refractivity contribution in [3.8, 4) is 0 Å². The molecule has 0 fully saturated rings. The lowest BCUT2D eigenvalue weighted by Crippen LogP contribution is -2.25. The van der Waals surface area contributed by atoms with Crippen LogP contribution in [0.5, 0.6) is 0 Å². The molecule has 0 spiro atoms. The van der Waals surface area contributed by atoms with Crippen LogP contribution >= 0.6 is 11.3 Å². The molecule has 0 atom stereocenters. The molecule has 26 heavy (non-hydrogen) atoms. The average Bonchev–Trinajstić information content (AvgIpc) is 3.13. The molecule has 8 heteroatoms. The van der Waals surface area contributed by atoms with Gasteiger partial charge in [-0.1, -0.05) is 0 Å². The molecule has 1 aromatic carbocycles. The third-order valence-corrected chi connectivity index (χ3v) is 4.17. The van der Waals surface area contributed by atoms with Crippen LogP contribution in [0.3, 0.4) is 0 Å². The average molecular weight is 376 g/mol. The van der Waals surface area contributed by atoms with Crippen LogP contribution in [0.2, 0.25) is 0 Å². The summed E-state index contributed by atoms with van der Waals surface area (Å²) in [6, 6.07) is 6.31. The van der Waals surface area contributed by atoms with Crippen molar-refractivity contribution in [2.45, 2.75) is 19.4 Å². The lowest BCUT2D eigenvalue weighted by molar-refractivity contribution is -0.116. The second-order valence-corrected chi connectivity index (χ2v) is 6.36. The van der Waals surface area contributed by atoms with Crippen LogP contribution in [0, 0.1) is 0 Å². The van der Waals surface area contributed by atoms with Gasteiger partial charge in [0.25, 0.3) is 5.91 Å². The van der Waals surface area contributed by atoms with Gasteiger partial charge in [0.1, 0.15) is 0 Å². The topological polar surface area (TPSA) is 105 Å². The second-order valence-electron chi connectivity index (χ2n) is 5.58. The fraction of sp³-hybridized carbons (Fsp3) is 0.278. The number of amides is 2. The second kappa shape index (κ2) is 9.69. The van der Waals surface area contributed by atoms with E-state index in [4.69, 9.17) is 9.84 Å². The highest BCUT2D eigenvalue weighted by molar-refractivity contribution is 7.08. The number of carboxylic acids is 1. The van der Waals surface area contributed by atoms with Crippen molar-refractivity contribution < 1.29 is 24.2 Å². The molecule has 3 N–H and O–H groups in total. The minimum absolute atomic E-state index is 0.0814. The molecule has 2 amide bonds. The number of nitrogens with one attached hydrogen (secondary N) is 2. The minimum Gasteiger partial charge on any atom is -0.478 e. The number of anilines is 1. The number of aromatic carboxylic acids is 1. The first-order valence-corrected chi connectivity index (χ1v) is 8.90. The zero-order chi connectivity index (χ0) is 18.9. The van der Waals surface area contributed by atoms with Gasteiger partial charge in [0.05, 0.1) is 12.2 Å². The van der Waals surface area contributed by atoms with Crippen LogP contribution in [0.4, 0.5) is 5.69 Å². The highest BCUT2D eigenvalue weighted by Crippen LogP contribution is 2.16. The Bertz CT molecular complexity index is 774. The van der Waals surface area contributed by atoms with Crippen LogP contribution in [-0.2, 0) is 16.1 Å². The summed E-state index contributed by atoms with van der Waals surface area (Å²) < 4.78 is 5.01. The molecule has 7 nitrogen and oxygen atoms in total. The van der Waals surface area contributed by atoms with Crippen molar-refractivity contribution >= 4 is 34.8 Å². The molecule has 0 saturated heterocycles. The third kappa shape index (κ3) is 5.98. The van der Waals surface area contributed by atoms with Gasteiger partial charge in [0, 0.05) is 36.7 Å². The van der Waals surface area contributed by atoms with E-state index in [0.717, 1.165) is 0 Å². The SMILES string of the molecule is COCc1cc(NC(=O)CCCNC(=O)c2ccsc2)cc(C(=O)O)c1. The summed E-state index contributed by atoms with van der Waals surface area (Å²) in [5.41, 5.74) is 1.75. The Balaban J connectivity index is 1.83. The Kier molecular flexibility index (Phi) is 7.31. The van der Waals surface area contributed by atoms with Crippen molar-refractivity contribution in [1.82, 2.24) is 5.32 Å². The van der Waals surface area contributed by atoms with Gasteiger partial charge >= 0.3 is 5.97 Å². The number of carboxylic acid groups (broad SMARTS) is 1. The number of ether oxygens (including phenoxy) is 1. The maximum absolute atomic E-state index is 12.0. The van der Waals surface area contributed by atoms with Crippen LogP contribution in [0.15, 0.2) is 35.0 Å². The third-order valence-electron chi connectivity index (χ3n) is 3.48. The molecule has 0 radical (unpaired) electrons. The fourth-order valence-corrected chi connectivity index (χ4v) is 2.94. The molecule has 138 valence electrons. The fourth-order valence-electron chi connectivity index (χ4n) is 2.31. The summed E-state index contributed by atoms with van der Waals surface area (Å²) in [6.07, 6.45) is 0.687. The number of carbonyl (C=O) groups is 3. The zero-order valence-electron chi connectivity index (χ0n) is 14.3. The lowest BCUT2D eigenvalue weighted by atomic mass is 10.1. The molecule has 0 saturated carbocycles. The van der Waals surface area contributed by atoms with E-state index in [-0.39, 0.29) is 30.4 Å². The number of rotatable bonds is 9. The van der Waals surface area contributed by atoms with E-state index in [1.165, 1.54) is 30.6 Å². The summed E-state index contributed by atoms with van der Waals surface area (Å²) in [7, 11) is 1.51. The van der Waals surface area contributed by atoms with Crippen molar-refractivity contribution in [2.75, 3.05) is 19.0 Å². The summed E-state index contributed by atoms with van der Waals surface area (Å²) in [4.78, 5) is 35.0. The van der Waals surface area contributed by atoms with Crippen molar-refractivity contribution in [3.05, 3.63) is 51.7 Å². The Morgan fingerprint density at radius 2 is 2.00 bits per heavy atom. The summed E-state index contributed by atoms with van der Waals surface area (Å²) >= 11 is 1.45. The molecule has 2 rings (SSSR count). The highest BCUT2D eigenvalue weighted by atomic mass is 32.1. The predicted molar refractivity (Wildman–Crippen MR) is 98.6 cm³/mol. The van der Waals surface area contributed by atoms with Gasteiger partial charge < -0.3 is 20.5 Å². The van der Waals surface area contributed by atoms with Gasteiger partial charge in [-0.15, -0.1) is 0 Å². The maximum Gasteiger partial charge on any atom is 0.335 e. The molecule has 1 aromatic heterocycles. The van der Waals surface area contributed by atoms with Gasteiger partial charge in [0.15, 0.2) is 0 Å². The van der Waals surface area contributed by atoms with Crippen LogP contribution < -0.4 is 10.6 Å². The first-order chi connectivity index (χ1) is 12.5. The predicted octanol–water partition coefficient (Wildman–Crippen LogP) is 2.74. The van der Waals surface area contributed by atoms with E-state index in [9.17, 15) is 14.4 Å². The smallest absolute Gasteiger partial charge is 0.335 e. The summed E-state index contributed by atoms with van der Waals surface area (Å²) in [5, 5.41) is 18.2. The van der Waals surface area contributed by atoms with E-state index < -0.39 is 5.97 Å². The van der Waals surface area contributed by atoms with Gasteiger partial charge in [-0.05, 0) is 41.6 Å². The number of carbonyl (C=O) groups excluding carboxylic acids is 2. The minimum atomic E-state index is -1.07. The molecular weight excluding hydrogens is 356 g/mol. The first kappa shape index (κ1) is 19.6. The molecule has 0 aliphatic rings. The standard InChI is InChI=1S/C18H20N2O5S/c1-25-10-12-7-14(18(23)24)9-15(8-12)20-16(21)3-2-5-19-17(22)13-4-6-26-11-13/h4,6-9,11H,2-3,5,10H2,1H3,(H,19,22)(H,20,21)(H,23,24). The number of thiophene rings is 1. The highest BCUT2D eigenvalue weighted by Gasteiger charge is 2.10. The van der Waals surface area contributed by atoms with E-state index in [0.29, 0.717) is 29.8 Å². The quantitative estimate of drug-likeness (QED) is 0.584. The Labute approximate surface area is 155 Å². The van der Waals surface area contributed by atoms with Crippen LogP contribution in [0.1, 0.15) is 39.1 Å². The van der Waals surface area contributed by atoms with E-state index in [1.54, 1.807) is 17.5 Å². The first-order valence-electron chi connectivity index (χ1n) is 7.96. The van der Waals surface area contributed by atoms with Gasteiger partial charge in [0.2, 0.25) is 5.91 Å². The molecule has 0 bridgehead atoms. The number of methoxy groups -OCH3 is 1. The normalized spacial score (nSPS) is 10.3. The molecule has 2 aromatic rings. The molecular formula is C18H20N2O5S. The summed E-state index contributed by atoms with van der Waals surface area (Å²) in [5.74, 6) is -1.49. The zero-order valence-corrected chi connectivity index (χ0v) is 15.1. The van der Waals surface area contributed by atoms with E-state index >= 15 is 0 Å². The van der Waals surface area contributed by atoms with Gasteiger partial charge in [-0.2, -0.15) is 11.3 Å². The van der Waals surface area contributed by atoms with Crippen LogP contribution in [0.25, 0.3) is 0 Å². The van der Waals surface area contributed by atoms with Crippen molar-refractivity contribution in [1.29, 1.82) is 0 Å². The number of hydrogen-bond donors (Lipinski definition) is 3.